The maximum Gasteiger partial charge on any atom is 0.306 e. The number of unbranched alkanes of at least 4 members (excludes halogenated alkanes) is 41. The fraction of sp³-hybridized carbons (Fsp3) is 0.952. The third kappa shape index (κ3) is 55.6. The van der Waals surface area contributed by atoms with E-state index in [2.05, 4.69) is 34.6 Å². The molecule has 0 saturated heterocycles. The lowest BCUT2D eigenvalue weighted by Crippen LogP contribution is -2.30. The Bertz CT molecular complexity index is 1060. The van der Waals surface area contributed by atoms with E-state index < -0.39 is 6.10 Å². The first kappa shape index (κ1) is 67.4. The summed E-state index contributed by atoms with van der Waals surface area (Å²) in [4.78, 5) is 38.2. The SMILES string of the molecule is CCCCCCCCCCCCCCCCCCCCC(=O)OC[C@@H](COC(=O)CCCCCCCCCCCCCCCCCCCCC(C)CC)OC(=O)CCCCCCCCCCC(C)C. The van der Waals surface area contributed by atoms with Crippen molar-refractivity contribution in [3.8, 4) is 0 Å². The Hall–Kier alpha value is -1.59. The molecule has 0 heterocycles. The normalized spacial score (nSPS) is 12.4. The highest BCUT2D eigenvalue weighted by molar-refractivity contribution is 5.71. The first-order chi connectivity index (χ1) is 33.8. The van der Waals surface area contributed by atoms with E-state index in [1.807, 2.05) is 0 Å². The minimum absolute atomic E-state index is 0.0629. The highest BCUT2D eigenvalue weighted by Gasteiger charge is 2.19. The van der Waals surface area contributed by atoms with Crippen LogP contribution in [0.5, 0.6) is 0 Å². The molecule has 0 aliphatic heterocycles. The smallest absolute Gasteiger partial charge is 0.306 e. The topological polar surface area (TPSA) is 78.9 Å². The van der Waals surface area contributed by atoms with Crippen LogP contribution in [0.1, 0.15) is 356 Å². The molecule has 410 valence electrons. The van der Waals surface area contributed by atoms with E-state index in [1.54, 1.807) is 0 Å². The Kier molecular flexibility index (Phi) is 54.4. The Labute approximate surface area is 431 Å². The van der Waals surface area contributed by atoms with Crippen LogP contribution in [0.2, 0.25) is 0 Å². The molecule has 1 unspecified atom stereocenters. The summed E-state index contributed by atoms with van der Waals surface area (Å²) in [6.07, 6.45) is 61.1. The van der Waals surface area contributed by atoms with Crippen molar-refractivity contribution >= 4 is 17.9 Å². The third-order valence-corrected chi connectivity index (χ3v) is 14.8. The molecule has 0 radical (unpaired) electrons. The van der Waals surface area contributed by atoms with Crippen LogP contribution >= 0.6 is 0 Å². The Morgan fingerprint density at radius 3 is 0.826 bits per heavy atom. The van der Waals surface area contributed by atoms with Gasteiger partial charge in [-0.25, -0.2) is 0 Å². The number of carbonyl (C=O) groups is 3. The minimum atomic E-state index is -0.763. The molecule has 0 rings (SSSR count). The molecule has 0 aliphatic carbocycles. The molecular formula is C63H122O6. The van der Waals surface area contributed by atoms with Gasteiger partial charge < -0.3 is 14.2 Å². The second kappa shape index (κ2) is 55.7. The van der Waals surface area contributed by atoms with Gasteiger partial charge in [0.05, 0.1) is 0 Å². The van der Waals surface area contributed by atoms with E-state index in [1.165, 1.54) is 244 Å². The first-order valence-electron chi connectivity index (χ1n) is 31.3. The summed E-state index contributed by atoms with van der Waals surface area (Å²) in [5, 5.41) is 0. The van der Waals surface area contributed by atoms with Gasteiger partial charge in [-0.05, 0) is 31.1 Å². The van der Waals surface area contributed by atoms with Crippen LogP contribution in [-0.2, 0) is 28.6 Å². The Morgan fingerprint density at radius 2 is 0.551 bits per heavy atom. The van der Waals surface area contributed by atoms with Crippen molar-refractivity contribution in [2.24, 2.45) is 11.8 Å². The molecule has 0 spiro atoms. The van der Waals surface area contributed by atoms with E-state index in [9.17, 15) is 14.4 Å². The van der Waals surface area contributed by atoms with Crippen molar-refractivity contribution in [1.82, 2.24) is 0 Å². The van der Waals surface area contributed by atoms with Gasteiger partial charge in [-0.2, -0.15) is 0 Å². The van der Waals surface area contributed by atoms with Crippen LogP contribution in [0, 0.1) is 11.8 Å². The van der Waals surface area contributed by atoms with Gasteiger partial charge in [0, 0.05) is 19.3 Å². The highest BCUT2D eigenvalue weighted by Crippen LogP contribution is 2.19. The number of carbonyl (C=O) groups excluding carboxylic acids is 3. The molecule has 0 aromatic rings. The van der Waals surface area contributed by atoms with Gasteiger partial charge in [0.2, 0.25) is 0 Å². The minimum Gasteiger partial charge on any atom is -0.462 e. The van der Waals surface area contributed by atoms with Crippen molar-refractivity contribution < 1.29 is 28.6 Å². The van der Waals surface area contributed by atoms with Gasteiger partial charge in [0.25, 0.3) is 0 Å². The largest absolute Gasteiger partial charge is 0.462 e. The number of rotatable bonds is 57. The van der Waals surface area contributed by atoms with E-state index in [0.717, 1.165) is 69.6 Å². The van der Waals surface area contributed by atoms with Crippen LogP contribution in [0.15, 0.2) is 0 Å². The van der Waals surface area contributed by atoms with E-state index in [0.29, 0.717) is 19.3 Å². The van der Waals surface area contributed by atoms with Crippen molar-refractivity contribution in [3.63, 3.8) is 0 Å². The van der Waals surface area contributed by atoms with Gasteiger partial charge in [-0.15, -0.1) is 0 Å². The third-order valence-electron chi connectivity index (χ3n) is 14.8. The average molecular weight is 976 g/mol. The summed E-state index contributed by atoms with van der Waals surface area (Å²) in [5.41, 5.74) is 0. The Morgan fingerprint density at radius 1 is 0.304 bits per heavy atom. The van der Waals surface area contributed by atoms with Gasteiger partial charge in [0.1, 0.15) is 13.2 Å². The van der Waals surface area contributed by atoms with Gasteiger partial charge in [0.15, 0.2) is 6.10 Å². The number of ether oxygens (including phenoxy) is 3. The molecule has 2 atom stereocenters. The monoisotopic (exact) mass is 975 g/mol. The van der Waals surface area contributed by atoms with Crippen LogP contribution < -0.4 is 0 Å². The summed E-state index contributed by atoms with van der Waals surface area (Å²) in [5.74, 6) is 0.866. The molecule has 0 aromatic carbocycles. The standard InChI is InChI=1S/C63H122O6/c1-6-8-9-10-11-12-13-14-15-16-20-23-26-29-32-38-43-48-53-61(64)67-56-60(69-63(66)55-50-45-40-35-34-36-41-46-51-58(3)4)57-68-62(65)54-49-44-39-33-30-27-24-21-18-17-19-22-25-28-31-37-42-47-52-59(5)7-2/h58-60H,6-57H2,1-5H3/t59?,60-/m0/s1. The second-order valence-corrected chi connectivity index (χ2v) is 22.4. The summed E-state index contributed by atoms with van der Waals surface area (Å²) in [6, 6.07) is 0. The summed E-state index contributed by atoms with van der Waals surface area (Å²) in [7, 11) is 0. The van der Waals surface area contributed by atoms with E-state index in [-0.39, 0.29) is 31.1 Å². The fourth-order valence-corrected chi connectivity index (χ4v) is 9.73. The zero-order chi connectivity index (χ0) is 50.4. The summed E-state index contributed by atoms with van der Waals surface area (Å²) < 4.78 is 16.9. The van der Waals surface area contributed by atoms with Gasteiger partial charge in [-0.3, -0.25) is 14.4 Å². The quantitative estimate of drug-likeness (QED) is 0.0343. The molecule has 0 amide bonds. The van der Waals surface area contributed by atoms with Crippen LogP contribution in [0.4, 0.5) is 0 Å². The maximum absolute atomic E-state index is 12.8. The maximum atomic E-state index is 12.8. The number of hydrogen-bond donors (Lipinski definition) is 0. The average Bonchev–Trinajstić information content (AvgIpc) is 3.34. The molecule has 6 heteroatoms. The molecule has 0 N–H and O–H groups in total. The zero-order valence-electron chi connectivity index (χ0n) is 47.5. The molecule has 6 nitrogen and oxygen atoms in total. The molecule has 69 heavy (non-hydrogen) atoms. The lowest BCUT2D eigenvalue weighted by molar-refractivity contribution is -0.167. The summed E-state index contributed by atoms with van der Waals surface area (Å²) >= 11 is 0. The lowest BCUT2D eigenvalue weighted by atomic mass is 9.99. The van der Waals surface area contributed by atoms with Crippen molar-refractivity contribution in [3.05, 3.63) is 0 Å². The van der Waals surface area contributed by atoms with Crippen molar-refractivity contribution in [1.29, 1.82) is 0 Å². The number of hydrogen-bond acceptors (Lipinski definition) is 6. The molecule has 0 aromatic heterocycles. The Balaban J connectivity index is 4.19. The predicted octanol–water partition coefficient (Wildman–Crippen LogP) is 20.8. The van der Waals surface area contributed by atoms with E-state index in [4.69, 9.17) is 14.2 Å². The molecule has 0 aliphatic rings. The second-order valence-electron chi connectivity index (χ2n) is 22.4. The number of esters is 3. The first-order valence-corrected chi connectivity index (χ1v) is 31.3. The molecular weight excluding hydrogens is 853 g/mol. The lowest BCUT2D eigenvalue weighted by Gasteiger charge is -2.18. The molecule has 0 saturated carbocycles. The van der Waals surface area contributed by atoms with Gasteiger partial charge >= 0.3 is 17.9 Å². The zero-order valence-corrected chi connectivity index (χ0v) is 47.5. The van der Waals surface area contributed by atoms with Crippen LogP contribution in [-0.4, -0.2) is 37.2 Å². The fourth-order valence-electron chi connectivity index (χ4n) is 9.73. The predicted molar refractivity (Wildman–Crippen MR) is 298 cm³/mol. The van der Waals surface area contributed by atoms with Crippen molar-refractivity contribution in [2.75, 3.05) is 13.2 Å². The van der Waals surface area contributed by atoms with Gasteiger partial charge in [-0.1, -0.05) is 317 Å². The highest BCUT2D eigenvalue weighted by atomic mass is 16.6. The van der Waals surface area contributed by atoms with Crippen LogP contribution in [0.25, 0.3) is 0 Å². The van der Waals surface area contributed by atoms with E-state index >= 15 is 0 Å². The summed E-state index contributed by atoms with van der Waals surface area (Å²) in [6.45, 7) is 11.4. The molecule has 0 bridgehead atoms. The van der Waals surface area contributed by atoms with Crippen molar-refractivity contribution in [2.45, 2.75) is 362 Å². The van der Waals surface area contributed by atoms with Crippen LogP contribution in [0.3, 0.4) is 0 Å². The molecule has 0 fully saturated rings.